The summed E-state index contributed by atoms with van der Waals surface area (Å²) in [4.78, 5) is 25.1. The summed E-state index contributed by atoms with van der Waals surface area (Å²) in [5.41, 5.74) is 0.457. The molecule has 42 heavy (non-hydrogen) atoms. The molecule has 8 nitrogen and oxygen atoms in total. The minimum Gasteiger partial charge on any atom is -0.497 e. The van der Waals surface area contributed by atoms with E-state index in [0.29, 0.717) is 34.2 Å². The van der Waals surface area contributed by atoms with Crippen molar-refractivity contribution in [3.63, 3.8) is 0 Å². The molecule has 1 unspecified atom stereocenters. The number of nitrogens with one attached hydrogen (secondary N) is 2. The third kappa shape index (κ3) is 7.45. The van der Waals surface area contributed by atoms with Gasteiger partial charge in [-0.05, 0) is 78.4 Å². The molecule has 5 atom stereocenters. The highest BCUT2D eigenvalue weighted by atomic mass is 35.5. The van der Waals surface area contributed by atoms with E-state index in [-0.39, 0.29) is 29.1 Å². The minimum absolute atomic E-state index is 0.0853. The van der Waals surface area contributed by atoms with E-state index in [9.17, 15) is 23.1 Å². The number of carboxylic acids is 1. The summed E-state index contributed by atoms with van der Waals surface area (Å²) in [6, 6.07) is 19.3. The maximum absolute atomic E-state index is 13.5. The Labute approximate surface area is 256 Å². The number of carbonyl (C=O) groups is 2. The Morgan fingerprint density at radius 1 is 1.10 bits per heavy atom. The first kappa shape index (κ1) is 31.8. The van der Waals surface area contributed by atoms with Gasteiger partial charge in [-0.2, -0.15) is 0 Å². The highest BCUT2D eigenvalue weighted by Gasteiger charge is 2.47. The second-order valence-corrected chi connectivity index (χ2v) is 13.7. The molecule has 4 rings (SSSR count). The summed E-state index contributed by atoms with van der Waals surface area (Å²) in [6.45, 7) is 3.61. The van der Waals surface area contributed by atoms with E-state index in [1.807, 2.05) is 25.1 Å². The van der Waals surface area contributed by atoms with Crippen molar-refractivity contribution in [1.82, 2.24) is 10.0 Å². The molecule has 1 heterocycles. The van der Waals surface area contributed by atoms with E-state index >= 15 is 0 Å². The van der Waals surface area contributed by atoms with Gasteiger partial charge in [0.1, 0.15) is 5.75 Å². The van der Waals surface area contributed by atoms with E-state index in [1.165, 1.54) is 19.2 Å². The number of rotatable bonds is 11. The lowest BCUT2D eigenvalue weighted by Gasteiger charge is -2.45. The fourth-order valence-corrected chi connectivity index (χ4v) is 7.26. The molecular formula is C31H34Cl2N2O6S. The Morgan fingerprint density at radius 3 is 2.36 bits per heavy atom. The quantitative estimate of drug-likeness (QED) is 0.231. The van der Waals surface area contributed by atoms with Crippen LogP contribution in [0.3, 0.4) is 0 Å². The van der Waals surface area contributed by atoms with E-state index < -0.39 is 33.5 Å². The van der Waals surface area contributed by atoms with Crippen LogP contribution in [-0.2, 0) is 19.6 Å². The summed E-state index contributed by atoms with van der Waals surface area (Å²) in [5.74, 6) is -1.37. The fraction of sp³-hybridized carbons (Fsp3) is 0.355. The van der Waals surface area contributed by atoms with Crippen LogP contribution in [0.1, 0.15) is 56.2 Å². The second kappa shape index (κ2) is 13.0. The molecule has 0 bridgehead atoms. The van der Waals surface area contributed by atoms with Crippen molar-refractivity contribution in [1.29, 1.82) is 0 Å². The van der Waals surface area contributed by atoms with Gasteiger partial charge < -0.3 is 15.2 Å². The van der Waals surface area contributed by atoms with Crippen LogP contribution >= 0.6 is 23.2 Å². The van der Waals surface area contributed by atoms with E-state index in [2.05, 4.69) is 10.0 Å². The zero-order valence-corrected chi connectivity index (χ0v) is 25.8. The van der Waals surface area contributed by atoms with Crippen LogP contribution in [0.5, 0.6) is 5.75 Å². The number of amides is 1. The van der Waals surface area contributed by atoms with Gasteiger partial charge in [0.25, 0.3) is 0 Å². The van der Waals surface area contributed by atoms with Crippen LogP contribution in [0.4, 0.5) is 0 Å². The smallest absolute Gasteiger partial charge is 0.304 e. The predicted molar refractivity (Wildman–Crippen MR) is 162 cm³/mol. The summed E-state index contributed by atoms with van der Waals surface area (Å²) in [7, 11) is -2.44. The third-order valence-electron chi connectivity index (χ3n) is 7.93. The number of sulfonamides is 1. The summed E-state index contributed by atoms with van der Waals surface area (Å²) in [5, 5.41) is 13.7. The number of benzene rings is 3. The first-order valence-electron chi connectivity index (χ1n) is 13.5. The predicted octanol–water partition coefficient (Wildman–Crippen LogP) is 6.20. The van der Waals surface area contributed by atoms with Gasteiger partial charge in [0.15, 0.2) is 0 Å². The summed E-state index contributed by atoms with van der Waals surface area (Å²) in [6.07, 6.45) is 0.310. The van der Waals surface area contributed by atoms with Gasteiger partial charge in [-0.1, -0.05) is 61.3 Å². The van der Waals surface area contributed by atoms with E-state index in [1.54, 1.807) is 49.4 Å². The Hall–Kier alpha value is -3.11. The topological polar surface area (TPSA) is 122 Å². The van der Waals surface area contributed by atoms with Gasteiger partial charge in [-0.3, -0.25) is 9.59 Å². The van der Waals surface area contributed by atoms with Crippen molar-refractivity contribution >= 4 is 45.1 Å². The lowest BCUT2D eigenvalue weighted by atomic mass is 9.67. The fourth-order valence-electron chi connectivity index (χ4n) is 5.69. The number of carboxylic acid groups (broad SMARTS) is 1. The summed E-state index contributed by atoms with van der Waals surface area (Å²) < 4.78 is 35.0. The van der Waals surface area contributed by atoms with Crippen LogP contribution < -0.4 is 14.8 Å². The number of methoxy groups -OCH3 is 1. The molecule has 1 amide bonds. The average Bonchev–Trinajstić information content (AvgIpc) is 2.94. The van der Waals surface area contributed by atoms with Gasteiger partial charge in [-0.15, -0.1) is 0 Å². The van der Waals surface area contributed by atoms with Gasteiger partial charge in [0.2, 0.25) is 15.9 Å². The molecule has 1 fully saturated rings. The number of hydrogen-bond acceptors (Lipinski definition) is 5. The Balaban J connectivity index is 1.68. The van der Waals surface area contributed by atoms with Crippen molar-refractivity contribution in [2.75, 3.05) is 7.11 Å². The lowest BCUT2D eigenvalue weighted by molar-refractivity contribution is -0.147. The molecule has 3 N–H and O–H groups in total. The molecule has 0 aliphatic carbocycles. The molecule has 0 radical (unpaired) electrons. The van der Waals surface area contributed by atoms with E-state index in [0.717, 1.165) is 5.56 Å². The third-order valence-corrected chi connectivity index (χ3v) is 9.90. The molecule has 0 saturated carbocycles. The maximum atomic E-state index is 13.5. The van der Waals surface area contributed by atoms with Crippen molar-refractivity contribution in [2.45, 2.75) is 56.0 Å². The van der Waals surface area contributed by atoms with Gasteiger partial charge >= 0.3 is 5.97 Å². The SMILES string of the molecule is COc1ccc(S(=O)(=O)N[C@@H](CC(C)[C@@H]2NC(=O)[C@](C)(CC(=O)O)C[C@@H]2c2cccc(Cl)c2)c2ccc(Cl)cc2)cc1. The van der Waals surface area contributed by atoms with Gasteiger partial charge in [-0.25, -0.2) is 13.1 Å². The van der Waals surface area contributed by atoms with Crippen LogP contribution in [0.25, 0.3) is 0 Å². The number of carbonyl (C=O) groups excluding carboxylic acids is 1. The average molecular weight is 634 g/mol. The summed E-state index contributed by atoms with van der Waals surface area (Å²) >= 11 is 12.5. The maximum Gasteiger partial charge on any atom is 0.304 e. The molecule has 0 aromatic heterocycles. The highest BCUT2D eigenvalue weighted by molar-refractivity contribution is 7.89. The van der Waals surface area contributed by atoms with E-state index in [4.69, 9.17) is 27.9 Å². The number of piperidine rings is 1. The lowest BCUT2D eigenvalue weighted by Crippen LogP contribution is -2.56. The molecule has 1 aliphatic rings. The normalized spacial score (nSPS) is 22.2. The minimum atomic E-state index is -3.94. The first-order valence-corrected chi connectivity index (χ1v) is 15.8. The largest absolute Gasteiger partial charge is 0.497 e. The number of ether oxygens (including phenoxy) is 1. The molecule has 0 spiro atoms. The van der Waals surface area contributed by atoms with Crippen molar-refractivity contribution in [3.05, 3.63) is 94.0 Å². The zero-order valence-electron chi connectivity index (χ0n) is 23.5. The molecule has 224 valence electrons. The van der Waals surface area contributed by atoms with Crippen molar-refractivity contribution in [3.8, 4) is 5.75 Å². The molecule has 1 aliphatic heterocycles. The van der Waals surface area contributed by atoms with Crippen LogP contribution in [0.2, 0.25) is 10.0 Å². The number of aliphatic carboxylic acids is 1. The van der Waals surface area contributed by atoms with Crippen LogP contribution in [0, 0.1) is 11.3 Å². The standard InChI is InChI=1S/C31H34Cl2N2O6S/c1-19(29-26(21-5-4-6-23(33)16-21)17-31(2,18-28(36)37)30(38)34-29)15-27(20-7-9-22(32)10-8-20)35-42(39,40)25-13-11-24(41-3)12-14-25/h4-14,16,19,26-27,29,35H,15,17-18H2,1-3H3,(H,34,38)(H,36,37)/t19?,26-,27+,29+,31+/m1/s1. The highest BCUT2D eigenvalue weighted by Crippen LogP contribution is 2.44. The number of hydrogen-bond donors (Lipinski definition) is 3. The Bertz CT molecular complexity index is 1530. The van der Waals surface area contributed by atoms with Gasteiger partial charge in [0.05, 0.1) is 23.8 Å². The Kier molecular flexibility index (Phi) is 9.88. The van der Waals surface area contributed by atoms with Crippen molar-refractivity contribution in [2.24, 2.45) is 11.3 Å². The molecule has 1 saturated heterocycles. The Morgan fingerprint density at radius 2 is 1.76 bits per heavy atom. The molecule has 3 aromatic rings. The number of halogens is 2. The monoisotopic (exact) mass is 632 g/mol. The molecule has 11 heteroatoms. The second-order valence-electron chi connectivity index (χ2n) is 11.1. The molecule has 3 aromatic carbocycles. The van der Waals surface area contributed by atoms with Crippen molar-refractivity contribution < 1.29 is 27.9 Å². The van der Waals surface area contributed by atoms with Crippen LogP contribution in [-0.4, -0.2) is 38.6 Å². The molecular weight excluding hydrogens is 599 g/mol. The first-order chi connectivity index (χ1) is 19.8. The van der Waals surface area contributed by atoms with Crippen LogP contribution in [0.15, 0.2) is 77.7 Å². The zero-order chi connectivity index (χ0) is 30.7. The van der Waals surface area contributed by atoms with Gasteiger partial charge in [0, 0.05) is 28.0 Å².